The number of hydrogen-bond donors (Lipinski definition) is 3. The summed E-state index contributed by atoms with van der Waals surface area (Å²) in [6.45, 7) is 2.99. The molecular weight excluding hydrogens is 312 g/mol. The van der Waals surface area contributed by atoms with Gasteiger partial charge in [-0.3, -0.25) is 9.59 Å². The summed E-state index contributed by atoms with van der Waals surface area (Å²) in [5.74, 6) is -1.97. The SMILES string of the molecule is Cc1ccc(CN2C(=O)CCC2C(=O)NCC(C)(O)C(=O)O)cc1. The predicted octanol–water partition coefficient (Wildman–Crippen LogP) is 0.438. The number of amides is 2. The second-order valence-corrected chi connectivity index (χ2v) is 6.36. The maximum atomic E-state index is 12.3. The van der Waals surface area contributed by atoms with Crippen molar-refractivity contribution in [3.8, 4) is 0 Å². The number of likely N-dealkylation sites (tertiary alicyclic amines) is 1. The smallest absolute Gasteiger partial charge is 0.337 e. The molecule has 1 aromatic carbocycles. The van der Waals surface area contributed by atoms with E-state index in [0.29, 0.717) is 13.0 Å². The van der Waals surface area contributed by atoms with Crippen molar-refractivity contribution in [1.82, 2.24) is 10.2 Å². The molecule has 1 aliphatic heterocycles. The molecule has 2 unspecified atom stereocenters. The lowest BCUT2D eigenvalue weighted by Gasteiger charge is -2.26. The summed E-state index contributed by atoms with van der Waals surface area (Å²) in [7, 11) is 0. The van der Waals surface area contributed by atoms with Crippen molar-refractivity contribution in [1.29, 1.82) is 0 Å². The van der Waals surface area contributed by atoms with E-state index < -0.39 is 30.1 Å². The Hall–Kier alpha value is -2.41. The number of carboxylic acid groups (broad SMARTS) is 1. The van der Waals surface area contributed by atoms with Crippen LogP contribution in [0.3, 0.4) is 0 Å². The first kappa shape index (κ1) is 17.9. The second-order valence-electron chi connectivity index (χ2n) is 6.36. The van der Waals surface area contributed by atoms with Crippen molar-refractivity contribution in [2.75, 3.05) is 6.54 Å². The molecule has 7 heteroatoms. The van der Waals surface area contributed by atoms with Crippen molar-refractivity contribution in [2.45, 2.75) is 44.9 Å². The third-order valence-electron chi connectivity index (χ3n) is 4.17. The zero-order chi connectivity index (χ0) is 17.9. The quantitative estimate of drug-likeness (QED) is 0.700. The molecule has 1 fully saturated rings. The van der Waals surface area contributed by atoms with Crippen LogP contribution in [-0.4, -0.2) is 51.1 Å². The summed E-state index contributed by atoms with van der Waals surface area (Å²) in [6, 6.07) is 7.05. The van der Waals surface area contributed by atoms with E-state index in [4.69, 9.17) is 5.11 Å². The van der Waals surface area contributed by atoms with Crippen LogP contribution in [0.25, 0.3) is 0 Å². The van der Waals surface area contributed by atoms with E-state index in [1.165, 1.54) is 4.90 Å². The van der Waals surface area contributed by atoms with E-state index in [-0.39, 0.29) is 12.3 Å². The Balaban J connectivity index is 2.02. The number of carbonyl (C=O) groups is 3. The first-order valence-corrected chi connectivity index (χ1v) is 7.79. The fraction of sp³-hybridized carbons (Fsp3) is 0.471. The first-order chi connectivity index (χ1) is 11.2. The minimum atomic E-state index is -2.04. The molecule has 0 aromatic heterocycles. The monoisotopic (exact) mass is 334 g/mol. The number of aryl methyl sites for hydroxylation is 1. The highest BCUT2D eigenvalue weighted by Crippen LogP contribution is 2.22. The molecule has 0 spiro atoms. The van der Waals surface area contributed by atoms with Crippen LogP contribution in [-0.2, 0) is 20.9 Å². The summed E-state index contributed by atoms with van der Waals surface area (Å²) in [5.41, 5.74) is -0.0112. The Bertz CT molecular complexity index is 639. The Kier molecular flexibility index (Phi) is 5.23. The van der Waals surface area contributed by atoms with Gasteiger partial charge in [-0.25, -0.2) is 4.79 Å². The summed E-state index contributed by atoms with van der Waals surface area (Å²) in [4.78, 5) is 36.7. The molecular formula is C17H22N2O5. The van der Waals surface area contributed by atoms with Gasteiger partial charge in [-0.2, -0.15) is 0 Å². The van der Waals surface area contributed by atoms with Crippen LogP contribution < -0.4 is 5.32 Å². The number of carboxylic acids is 1. The number of aliphatic carboxylic acids is 1. The van der Waals surface area contributed by atoms with Crippen LogP contribution in [0.2, 0.25) is 0 Å². The molecule has 2 rings (SSSR count). The maximum absolute atomic E-state index is 12.3. The normalized spacial score (nSPS) is 19.9. The summed E-state index contributed by atoms with van der Waals surface area (Å²) in [5, 5.41) is 21.0. The van der Waals surface area contributed by atoms with Gasteiger partial charge >= 0.3 is 5.97 Å². The molecule has 1 heterocycles. The topological polar surface area (TPSA) is 107 Å². The molecule has 2 atom stereocenters. The third-order valence-corrected chi connectivity index (χ3v) is 4.17. The van der Waals surface area contributed by atoms with Crippen molar-refractivity contribution < 1.29 is 24.6 Å². The Labute approximate surface area is 140 Å². The Morgan fingerprint density at radius 1 is 1.33 bits per heavy atom. The van der Waals surface area contributed by atoms with Gasteiger partial charge in [-0.05, 0) is 25.8 Å². The van der Waals surface area contributed by atoms with Crippen molar-refractivity contribution in [3.05, 3.63) is 35.4 Å². The number of hydrogen-bond acceptors (Lipinski definition) is 4. The van der Waals surface area contributed by atoms with Gasteiger partial charge in [-0.1, -0.05) is 29.8 Å². The molecule has 2 amide bonds. The van der Waals surface area contributed by atoms with E-state index in [0.717, 1.165) is 18.1 Å². The number of carbonyl (C=O) groups excluding carboxylic acids is 2. The molecule has 1 aliphatic rings. The highest BCUT2D eigenvalue weighted by atomic mass is 16.4. The second kappa shape index (κ2) is 7.00. The third kappa shape index (κ3) is 4.11. The van der Waals surface area contributed by atoms with Crippen LogP contribution in [0.5, 0.6) is 0 Å². The van der Waals surface area contributed by atoms with Crippen LogP contribution in [0.15, 0.2) is 24.3 Å². The minimum Gasteiger partial charge on any atom is -0.479 e. The van der Waals surface area contributed by atoms with Gasteiger partial charge in [-0.15, -0.1) is 0 Å². The van der Waals surface area contributed by atoms with Gasteiger partial charge in [0.05, 0.1) is 6.54 Å². The van der Waals surface area contributed by atoms with Gasteiger partial charge in [0.25, 0.3) is 0 Å². The number of benzene rings is 1. The molecule has 1 saturated heterocycles. The lowest BCUT2D eigenvalue weighted by atomic mass is 10.1. The lowest BCUT2D eigenvalue weighted by molar-refractivity contribution is -0.156. The van der Waals surface area contributed by atoms with E-state index in [1.54, 1.807) is 0 Å². The minimum absolute atomic E-state index is 0.110. The van der Waals surface area contributed by atoms with Crippen LogP contribution >= 0.6 is 0 Å². The zero-order valence-electron chi connectivity index (χ0n) is 13.8. The summed E-state index contributed by atoms with van der Waals surface area (Å²) >= 11 is 0. The summed E-state index contributed by atoms with van der Waals surface area (Å²) in [6.07, 6.45) is 0.658. The van der Waals surface area contributed by atoms with Gasteiger partial charge in [0.15, 0.2) is 5.60 Å². The molecule has 1 aromatic rings. The maximum Gasteiger partial charge on any atom is 0.337 e. The van der Waals surface area contributed by atoms with Gasteiger partial charge in [0.2, 0.25) is 11.8 Å². The first-order valence-electron chi connectivity index (χ1n) is 7.79. The zero-order valence-corrected chi connectivity index (χ0v) is 13.8. The van der Waals surface area contributed by atoms with E-state index in [1.807, 2.05) is 31.2 Å². The molecule has 0 bridgehead atoms. The van der Waals surface area contributed by atoms with E-state index >= 15 is 0 Å². The highest BCUT2D eigenvalue weighted by Gasteiger charge is 2.37. The van der Waals surface area contributed by atoms with E-state index in [2.05, 4.69) is 5.32 Å². The van der Waals surface area contributed by atoms with Crippen molar-refractivity contribution in [2.24, 2.45) is 0 Å². The Morgan fingerprint density at radius 2 is 1.96 bits per heavy atom. The van der Waals surface area contributed by atoms with Crippen molar-refractivity contribution in [3.63, 3.8) is 0 Å². The number of aliphatic hydroxyl groups is 1. The standard InChI is InChI=1S/C17H22N2O5/c1-11-3-5-12(6-4-11)9-19-13(7-8-14(19)20)15(21)18-10-17(2,24)16(22)23/h3-6,13,24H,7-10H2,1-2H3,(H,18,21)(H,22,23). The molecule has 0 radical (unpaired) electrons. The molecule has 7 nitrogen and oxygen atoms in total. The Morgan fingerprint density at radius 3 is 2.54 bits per heavy atom. The average Bonchev–Trinajstić information content (AvgIpc) is 2.88. The van der Waals surface area contributed by atoms with Crippen LogP contribution in [0.4, 0.5) is 0 Å². The highest BCUT2D eigenvalue weighted by molar-refractivity contribution is 5.91. The van der Waals surface area contributed by atoms with Crippen LogP contribution in [0, 0.1) is 6.92 Å². The molecule has 0 aliphatic carbocycles. The molecule has 130 valence electrons. The number of nitrogens with zero attached hydrogens (tertiary/aromatic N) is 1. The fourth-order valence-corrected chi connectivity index (χ4v) is 2.55. The summed E-state index contributed by atoms with van der Waals surface area (Å²) < 4.78 is 0. The molecule has 3 N–H and O–H groups in total. The largest absolute Gasteiger partial charge is 0.479 e. The average molecular weight is 334 g/mol. The molecule has 24 heavy (non-hydrogen) atoms. The van der Waals surface area contributed by atoms with Crippen LogP contribution in [0.1, 0.15) is 30.9 Å². The van der Waals surface area contributed by atoms with E-state index in [9.17, 15) is 19.5 Å². The van der Waals surface area contributed by atoms with Gasteiger partial charge in [0.1, 0.15) is 6.04 Å². The van der Waals surface area contributed by atoms with Gasteiger partial charge < -0.3 is 20.4 Å². The predicted molar refractivity (Wildman–Crippen MR) is 86.0 cm³/mol. The van der Waals surface area contributed by atoms with Gasteiger partial charge in [0, 0.05) is 13.0 Å². The molecule has 0 saturated carbocycles. The number of rotatable bonds is 6. The fourth-order valence-electron chi connectivity index (χ4n) is 2.55. The van der Waals surface area contributed by atoms with Crippen molar-refractivity contribution >= 4 is 17.8 Å². The lowest BCUT2D eigenvalue weighted by Crippen LogP contribution is -2.51. The number of nitrogens with one attached hydrogen (secondary N) is 1.